The molecular formula is C17H31FN2O. The van der Waals surface area contributed by atoms with Crippen LogP contribution in [0.2, 0.25) is 0 Å². The van der Waals surface area contributed by atoms with Crippen LogP contribution in [-0.2, 0) is 5.54 Å². The monoisotopic (exact) mass is 298 g/mol. The Balaban J connectivity index is 2.76. The molecule has 0 aliphatic carbocycles. The van der Waals surface area contributed by atoms with E-state index >= 15 is 0 Å². The average molecular weight is 298 g/mol. The van der Waals surface area contributed by atoms with E-state index in [2.05, 4.69) is 25.8 Å². The molecule has 0 radical (unpaired) electrons. The van der Waals surface area contributed by atoms with Gasteiger partial charge in [0.15, 0.2) is 0 Å². The van der Waals surface area contributed by atoms with Crippen molar-refractivity contribution in [2.45, 2.75) is 84.1 Å². The number of aromatic nitrogens is 2. The Labute approximate surface area is 128 Å². The quantitative estimate of drug-likeness (QED) is 0.518. The fourth-order valence-corrected chi connectivity index (χ4v) is 2.90. The summed E-state index contributed by atoms with van der Waals surface area (Å²) in [5.74, 6) is -0.458. The fraction of sp³-hybridized carbons (Fsp3) is 0.824. The van der Waals surface area contributed by atoms with Gasteiger partial charge in [-0.25, -0.2) is 0 Å². The van der Waals surface area contributed by atoms with Gasteiger partial charge in [-0.2, -0.15) is 9.37 Å². The maximum Gasteiger partial charge on any atom is 0.299 e. The van der Waals surface area contributed by atoms with Crippen LogP contribution in [0.1, 0.15) is 78.6 Å². The van der Waals surface area contributed by atoms with Crippen LogP contribution in [-0.4, -0.2) is 16.7 Å². The van der Waals surface area contributed by atoms with E-state index in [9.17, 15) is 4.39 Å². The van der Waals surface area contributed by atoms with Gasteiger partial charge in [0, 0.05) is 5.54 Å². The average Bonchev–Trinajstić information content (AvgIpc) is 2.87. The molecule has 0 saturated carbocycles. The van der Waals surface area contributed by atoms with Gasteiger partial charge in [0.1, 0.15) is 0 Å². The van der Waals surface area contributed by atoms with Gasteiger partial charge in [0.05, 0.1) is 13.3 Å². The minimum Gasteiger partial charge on any atom is -0.468 e. The third-order valence-corrected chi connectivity index (χ3v) is 4.30. The molecule has 1 atom stereocenters. The Bertz CT molecular complexity index is 405. The topological polar surface area (TPSA) is 27.1 Å². The maximum atomic E-state index is 13.5. The zero-order chi connectivity index (χ0) is 15.7. The summed E-state index contributed by atoms with van der Waals surface area (Å²) in [6, 6.07) is 0.389. The predicted octanol–water partition coefficient (Wildman–Crippen LogP) is 5.30. The lowest BCUT2D eigenvalue weighted by atomic mass is 9.88. The smallest absolute Gasteiger partial charge is 0.299 e. The molecule has 21 heavy (non-hydrogen) atoms. The predicted molar refractivity (Wildman–Crippen MR) is 85.3 cm³/mol. The number of ether oxygens (including phenoxy) is 1. The highest BCUT2D eigenvalue weighted by Crippen LogP contribution is 2.33. The molecule has 4 heteroatoms. The summed E-state index contributed by atoms with van der Waals surface area (Å²) in [4.78, 5) is 3.84. The molecule has 0 aliphatic heterocycles. The van der Waals surface area contributed by atoms with E-state index < -0.39 is 5.95 Å². The Morgan fingerprint density at radius 2 is 1.71 bits per heavy atom. The molecule has 0 aliphatic rings. The molecule has 0 amide bonds. The van der Waals surface area contributed by atoms with E-state index in [0.717, 1.165) is 25.7 Å². The Kier molecular flexibility index (Phi) is 7.76. The van der Waals surface area contributed by atoms with Crippen molar-refractivity contribution in [3.05, 3.63) is 12.1 Å². The molecule has 1 heterocycles. The van der Waals surface area contributed by atoms with Crippen molar-refractivity contribution in [3.8, 4) is 6.01 Å². The molecule has 0 N–H and O–H groups in total. The summed E-state index contributed by atoms with van der Waals surface area (Å²) in [5, 5.41) is 0. The van der Waals surface area contributed by atoms with Crippen molar-refractivity contribution < 1.29 is 9.13 Å². The molecule has 0 spiro atoms. The summed E-state index contributed by atoms with van der Waals surface area (Å²) in [5.41, 5.74) is -0.106. The first-order valence-electron chi connectivity index (χ1n) is 8.36. The van der Waals surface area contributed by atoms with Crippen molar-refractivity contribution in [1.82, 2.24) is 9.55 Å². The maximum absolute atomic E-state index is 13.5. The van der Waals surface area contributed by atoms with Crippen LogP contribution in [0, 0.1) is 5.95 Å². The number of halogens is 1. The summed E-state index contributed by atoms with van der Waals surface area (Å²) in [7, 11) is 1.56. The molecule has 0 bridgehead atoms. The highest BCUT2D eigenvalue weighted by molar-refractivity contribution is 5.06. The van der Waals surface area contributed by atoms with Crippen molar-refractivity contribution in [2.24, 2.45) is 0 Å². The molecule has 1 unspecified atom stereocenters. The summed E-state index contributed by atoms with van der Waals surface area (Å²) in [6.07, 6.45) is 12.1. The minimum absolute atomic E-state index is 0.106. The fourth-order valence-electron chi connectivity index (χ4n) is 2.90. The lowest BCUT2D eigenvalue weighted by molar-refractivity contribution is 0.219. The first kappa shape index (κ1) is 18.0. The van der Waals surface area contributed by atoms with Crippen molar-refractivity contribution in [3.63, 3.8) is 0 Å². The third kappa shape index (κ3) is 5.33. The summed E-state index contributed by atoms with van der Waals surface area (Å²) in [6.45, 7) is 6.62. The van der Waals surface area contributed by atoms with Crippen LogP contribution in [0.5, 0.6) is 6.01 Å². The first-order valence-corrected chi connectivity index (χ1v) is 8.36. The Morgan fingerprint density at radius 1 is 1.10 bits per heavy atom. The second-order valence-corrected chi connectivity index (χ2v) is 6.19. The largest absolute Gasteiger partial charge is 0.468 e. The lowest BCUT2D eigenvalue weighted by Gasteiger charge is -2.32. The Hall–Kier alpha value is -1.06. The SMILES string of the molecule is CCCCCCCC(C)(CCCC)n1cc(F)nc1OC. The Morgan fingerprint density at radius 3 is 2.33 bits per heavy atom. The number of methoxy groups -OCH3 is 1. The van der Waals surface area contributed by atoms with Crippen LogP contribution in [0.25, 0.3) is 0 Å². The van der Waals surface area contributed by atoms with E-state index in [1.54, 1.807) is 7.11 Å². The highest BCUT2D eigenvalue weighted by atomic mass is 19.1. The number of hydrogen-bond acceptors (Lipinski definition) is 2. The van der Waals surface area contributed by atoms with E-state index in [-0.39, 0.29) is 5.54 Å². The van der Waals surface area contributed by atoms with E-state index in [4.69, 9.17) is 4.74 Å². The van der Waals surface area contributed by atoms with Crippen molar-refractivity contribution >= 4 is 0 Å². The number of imidazole rings is 1. The highest BCUT2D eigenvalue weighted by Gasteiger charge is 2.29. The van der Waals surface area contributed by atoms with Crippen LogP contribution in [0.4, 0.5) is 4.39 Å². The molecule has 1 rings (SSSR count). The molecule has 0 aromatic carbocycles. The van der Waals surface area contributed by atoms with Crippen LogP contribution in [0.15, 0.2) is 6.20 Å². The third-order valence-electron chi connectivity index (χ3n) is 4.30. The number of unbranched alkanes of at least 4 members (excludes halogenated alkanes) is 5. The second kappa shape index (κ2) is 9.06. The van der Waals surface area contributed by atoms with Crippen molar-refractivity contribution in [1.29, 1.82) is 0 Å². The summed E-state index contributed by atoms with van der Waals surface area (Å²) >= 11 is 0. The van der Waals surface area contributed by atoms with Gasteiger partial charge >= 0.3 is 0 Å². The molecule has 0 saturated heterocycles. The zero-order valence-electron chi connectivity index (χ0n) is 14.1. The number of hydrogen-bond donors (Lipinski definition) is 0. The second-order valence-electron chi connectivity index (χ2n) is 6.19. The minimum atomic E-state index is -0.458. The number of rotatable bonds is 11. The molecule has 0 fully saturated rings. The summed E-state index contributed by atoms with van der Waals surface area (Å²) < 4.78 is 20.7. The molecule has 3 nitrogen and oxygen atoms in total. The molecular weight excluding hydrogens is 267 g/mol. The molecule has 122 valence electrons. The van der Waals surface area contributed by atoms with Crippen LogP contribution >= 0.6 is 0 Å². The normalized spacial score (nSPS) is 14.1. The molecule has 1 aromatic heterocycles. The van der Waals surface area contributed by atoms with Gasteiger partial charge in [-0.1, -0.05) is 58.8 Å². The number of nitrogens with zero attached hydrogens (tertiary/aromatic N) is 2. The van der Waals surface area contributed by atoms with Gasteiger partial charge in [0.2, 0.25) is 5.95 Å². The zero-order valence-corrected chi connectivity index (χ0v) is 14.1. The van der Waals surface area contributed by atoms with Gasteiger partial charge in [-0.05, 0) is 19.8 Å². The van der Waals surface area contributed by atoms with Gasteiger partial charge in [-0.3, -0.25) is 4.57 Å². The van der Waals surface area contributed by atoms with E-state index in [1.165, 1.54) is 38.3 Å². The lowest BCUT2D eigenvalue weighted by Crippen LogP contribution is -2.30. The van der Waals surface area contributed by atoms with Gasteiger partial charge < -0.3 is 4.74 Å². The van der Waals surface area contributed by atoms with Crippen LogP contribution in [0.3, 0.4) is 0 Å². The van der Waals surface area contributed by atoms with E-state index in [1.807, 2.05) is 4.57 Å². The van der Waals surface area contributed by atoms with Gasteiger partial charge in [-0.15, -0.1) is 0 Å². The molecule has 1 aromatic rings. The van der Waals surface area contributed by atoms with Gasteiger partial charge in [0.25, 0.3) is 6.01 Å². The standard InChI is InChI=1S/C17H31FN2O/c1-5-7-9-10-11-13-17(3,12-8-6-2)20-14-15(18)19-16(20)21-4/h14H,5-13H2,1-4H3. The van der Waals surface area contributed by atoms with Crippen LogP contribution < -0.4 is 4.74 Å². The van der Waals surface area contributed by atoms with Crippen molar-refractivity contribution in [2.75, 3.05) is 7.11 Å². The first-order chi connectivity index (χ1) is 10.1. The van der Waals surface area contributed by atoms with E-state index in [0.29, 0.717) is 6.01 Å².